The lowest BCUT2D eigenvalue weighted by Crippen LogP contribution is -2.51. The topological polar surface area (TPSA) is 80.9 Å². The van der Waals surface area contributed by atoms with Gasteiger partial charge in [-0.05, 0) is 30.3 Å². The van der Waals surface area contributed by atoms with Gasteiger partial charge in [0.25, 0.3) is 5.91 Å². The minimum absolute atomic E-state index is 0.195. The molecule has 0 bridgehead atoms. The van der Waals surface area contributed by atoms with Crippen LogP contribution < -0.4 is 30.4 Å². The van der Waals surface area contributed by atoms with Crippen molar-refractivity contribution in [3.8, 4) is 17.2 Å². The standard InChI is InChI=1S/C25H27N3O4S/c1-25(17-11-7-5-8-12-17,18-13-9-6-10-14-18)23(29)27-28-24(33)26-19-15-20(30-2)22(32-4)21(16-19)31-3/h5-16H,1-4H3,(H,27,29)(H2,26,28,33). The molecular formula is C25H27N3O4S. The van der Waals surface area contributed by atoms with E-state index in [2.05, 4.69) is 16.2 Å². The van der Waals surface area contributed by atoms with Crippen LogP contribution in [-0.4, -0.2) is 32.3 Å². The van der Waals surface area contributed by atoms with Gasteiger partial charge in [0.1, 0.15) is 0 Å². The van der Waals surface area contributed by atoms with E-state index in [1.807, 2.05) is 67.6 Å². The maximum atomic E-state index is 13.4. The molecule has 0 atom stereocenters. The molecule has 0 radical (unpaired) electrons. The molecule has 3 aromatic carbocycles. The number of amides is 1. The highest BCUT2D eigenvalue weighted by Crippen LogP contribution is 2.40. The molecular weight excluding hydrogens is 438 g/mol. The number of hydrogen-bond acceptors (Lipinski definition) is 5. The average Bonchev–Trinajstić information content (AvgIpc) is 2.87. The summed E-state index contributed by atoms with van der Waals surface area (Å²) in [7, 11) is 4.60. The van der Waals surface area contributed by atoms with Crippen molar-refractivity contribution >= 4 is 28.9 Å². The van der Waals surface area contributed by atoms with Crippen LogP contribution in [0.25, 0.3) is 0 Å². The molecule has 0 aromatic heterocycles. The third-order valence-electron chi connectivity index (χ3n) is 5.37. The van der Waals surface area contributed by atoms with Crippen molar-refractivity contribution in [3.05, 3.63) is 83.9 Å². The molecule has 172 valence electrons. The van der Waals surface area contributed by atoms with Crippen molar-refractivity contribution in [2.24, 2.45) is 0 Å². The zero-order valence-electron chi connectivity index (χ0n) is 19.0. The highest BCUT2D eigenvalue weighted by atomic mass is 32.1. The lowest BCUT2D eigenvalue weighted by molar-refractivity contribution is -0.125. The zero-order valence-corrected chi connectivity index (χ0v) is 19.8. The predicted octanol–water partition coefficient (Wildman–Crippen LogP) is 4.04. The molecule has 7 nitrogen and oxygen atoms in total. The van der Waals surface area contributed by atoms with Crippen LogP contribution in [0, 0.1) is 0 Å². The quantitative estimate of drug-likeness (QED) is 0.359. The number of carbonyl (C=O) groups excluding carboxylic acids is 1. The maximum Gasteiger partial charge on any atom is 0.253 e. The molecule has 0 aliphatic carbocycles. The number of ether oxygens (including phenoxy) is 3. The SMILES string of the molecule is COc1cc(NC(=S)NNC(=O)C(C)(c2ccccc2)c2ccccc2)cc(OC)c1OC. The van der Waals surface area contributed by atoms with Crippen molar-refractivity contribution in [3.63, 3.8) is 0 Å². The molecule has 3 N–H and O–H groups in total. The van der Waals surface area contributed by atoms with Gasteiger partial charge in [0, 0.05) is 17.8 Å². The Morgan fingerprint density at radius 1 is 0.788 bits per heavy atom. The fourth-order valence-corrected chi connectivity index (χ4v) is 3.69. The highest BCUT2D eigenvalue weighted by molar-refractivity contribution is 7.80. The first-order valence-corrected chi connectivity index (χ1v) is 10.6. The summed E-state index contributed by atoms with van der Waals surface area (Å²) >= 11 is 5.38. The van der Waals surface area contributed by atoms with E-state index >= 15 is 0 Å². The second-order valence-corrected chi connectivity index (χ2v) is 7.71. The van der Waals surface area contributed by atoms with Crippen LogP contribution in [0.4, 0.5) is 5.69 Å². The van der Waals surface area contributed by atoms with E-state index in [9.17, 15) is 4.79 Å². The van der Waals surface area contributed by atoms with Gasteiger partial charge in [0.15, 0.2) is 16.6 Å². The van der Waals surface area contributed by atoms with E-state index in [1.165, 1.54) is 21.3 Å². The summed E-state index contributed by atoms with van der Waals surface area (Å²) in [6.07, 6.45) is 0. The van der Waals surface area contributed by atoms with Gasteiger partial charge in [-0.1, -0.05) is 60.7 Å². The van der Waals surface area contributed by atoms with Crippen molar-refractivity contribution in [1.29, 1.82) is 0 Å². The van der Waals surface area contributed by atoms with Crippen molar-refractivity contribution in [2.45, 2.75) is 12.3 Å². The Morgan fingerprint density at radius 2 is 1.27 bits per heavy atom. The van der Waals surface area contributed by atoms with Gasteiger partial charge < -0.3 is 19.5 Å². The van der Waals surface area contributed by atoms with Crippen LogP contribution in [0.5, 0.6) is 17.2 Å². The molecule has 0 unspecified atom stereocenters. The number of anilines is 1. The van der Waals surface area contributed by atoms with E-state index in [1.54, 1.807) is 12.1 Å². The molecule has 0 spiro atoms. The fourth-order valence-electron chi connectivity index (χ4n) is 3.53. The third kappa shape index (κ3) is 5.18. The van der Waals surface area contributed by atoms with Gasteiger partial charge in [0.05, 0.1) is 26.7 Å². The maximum absolute atomic E-state index is 13.4. The van der Waals surface area contributed by atoms with Crippen LogP contribution in [0.15, 0.2) is 72.8 Å². The smallest absolute Gasteiger partial charge is 0.253 e. The number of hydrazine groups is 1. The molecule has 3 aromatic rings. The molecule has 0 saturated heterocycles. The van der Waals surface area contributed by atoms with E-state index in [4.69, 9.17) is 26.4 Å². The Labute approximate surface area is 199 Å². The molecule has 8 heteroatoms. The Morgan fingerprint density at radius 3 is 1.70 bits per heavy atom. The third-order valence-corrected chi connectivity index (χ3v) is 5.57. The van der Waals surface area contributed by atoms with Crippen molar-refractivity contribution in [1.82, 2.24) is 10.9 Å². The number of methoxy groups -OCH3 is 3. The summed E-state index contributed by atoms with van der Waals surface area (Å²) in [5.41, 5.74) is 6.92. The van der Waals surface area contributed by atoms with E-state index < -0.39 is 5.41 Å². The molecule has 1 amide bonds. The Bertz CT molecular complexity index is 1040. The van der Waals surface area contributed by atoms with Gasteiger partial charge in [-0.2, -0.15) is 0 Å². The van der Waals surface area contributed by atoms with Crippen molar-refractivity contribution in [2.75, 3.05) is 26.6 Å². The lowest BCUT2D eigenvalue weighted by Gasteiger charge is -2.30. The first-order valence-electron chi connectivity index (χ1n) is 10.2. The summed E-state index contributed by atoms with van der Waals surface area (Å²) in [6, 6.07) is 22.6. The van der Waals surface area contributed by atoms with Crippen LogP contribution in [0.3, 0.4) is 0 Å². The molecule has 0 saturated carbocycles. The predicted molar refractivity (Wildman–Crippen MR) is 133 cm³/mol. The summed E-state index contributed by atoms with van der Waals surface area (Å²) in [5, 5.41) is 3.21. The molecule has 0 heterocycles. The largest absolute Gasteiger partial charge is 0.493 e. The Hall–Kier alpha value is -3.78. The van der Waals surface area contributed by atoms with Gasteiger partial charge in [-0.25, -0.2) is 0 Å². The number of hydrogen-bond donors (Lipinski definition) is 3. The van der Waals surface area contributed by atoms with E-state index in [0.717, 1.165) is 11.1 Å². The van der Waals surface area contributed by atoms with Crippen LogP contribution in [0.1, 0.15) is 18.1 Å². The number of rotatable bonds is 7. The van der Waals surface area contributed by atoms with E-state index in [-0.39, 0.29) is 11.0 Å². The molecule has 3 rings (SSSR count). The second kappa shape index (κ2) is 10.7. The van der Waals surface area contributed by atoms with Gasteiger partial charge in [-0.15, -0.1) is 0 Å². The summed E-state index contributed by atoms with van der Waals surface area (Å²) < 4.78 is 16.1. The monoisotopic (exact) mass is 465 g/mol. The summed E-state index contributed by atoms with van der Waals surface area (Å²) in [4.78, 5) is 13.4. The Kier molecular flexibility index (Phi) is 7.74. The molecule has 0 aliphatic rings. The molecule has 0 aliphatic heterocycles. The first kappa shape index (κ1) is 23.9. The minimum atomic E-state index is -0.933. The number of benzene rings is 3. The first-order chi connectivity index (χ1) is 15.9. The highest BCUT2D eigenvalue weighted by Gasteiger charge is 2.37. The fraction of sp³-hybridized carbons (Fsp3) is 0.200. The van der Waals surface area contributed by atoms with Gasteiger partial charge >= 0.3 is 0 Å². The number of carbonyl (C=O) groups is 1. The lowest BCUT2D eigenvalue weighted by atomic mass is 9.75. The van der Waals surface area contributed by atoms with Gasteiger partial charge in [-0.3, -0.25) is 15.6 Å². The van der Waals surface area contributed by atoms with E-state index in [0.29, 0.717) is 22.9 Å². The van der Waals surface area contributed by atoms with Crippen molar-refractivity contribution < 1.29 is 19.0 Å². The van der Waals surface area contributed by atoms with Crippen LogP contribution in [0.2, 0.25) is 0 Å². The number of thiocarbonyl (C=S) groups is 1. The Balaban J connectivity index is 1.77. The average molecular weight is 466 g/mol. The normalized spacial score (nSPS) is 10.7. The van der Waals surface area contributed by atoms with Crippen LogP contribution in [-0.2, 0) is 10.2 Å². The zero-order chi connectivity index (χ0) is 23.8. The summed E-state index contributed by atoms with van der Waals surface area (Å²) in [5.74, 6) is 1.17. The molecule has 0 fully saturated rings. The van der Waals surface area contributed by atoms with Gasteiger partial charge in [0.2, 0.25) is 5.75 Å². The van der Waals surface area contributed by atoms with Crippen LogP contribution >= 0.6 is 12.2 Å². The second-order valence-electron chi connectivity index (χ2n) is 7.30. The molecule has 33 heavy (non-hydrogen) atoms. The minimum Gasteiger partial charge on any atom is -0.493 e. The summed E-state index contributed by atoms with van der Waals surface area (Å²) in [6.45, 7) is 1.88. The number of nitrogens with one attached hydrogen (secondary N) is 3.